The summed E-state index contributed by atoms with van der Waals surface area (Å²) in [5.41, 5.74) is 3.77. The van der Waals surface area contributed by atoms with Gasteiger partial charge in [0.1, 0.15) is 17.3 Å². The van der Waals surface area contributed by atoms with Gasteiger partial charge in [0.15, 0.2) is 5.82 Å². The fraction of sp³-hybridized carbons (Fsp3) is 0.417. The number of rotatable bonds is 4. The summed E-state index contributed by atoms with van der Waals surface area (Å²) in [6, 6.07) is 8.25. The highest BCUT2D eigenvalue weighted by Gasteiger charge is 2.35. The normalized spacial score (nSPS) is 18.2. The first-order chi connectivity index (χ1) is 15.5. The van der Waals surface area contributed by atoms with Gasteiger partial charge in [-0.15, -0.1) is 0 Å². The van der Waals surface area contributed by atoms with Crippen LogP contribution in [0, 0.1) is 12.7 Å². The summed E-state index contributed by atoms with van der Waals surface area (Å²) in [6.45, 7) is 4.29. The van der Waals surface area contributed by atoms with Crippen LogP contribution in [0.25, 0.3) is 0 Å². The maximum atomic E-state index is 13.3. The Balaban J connectivity index is 1.46. The quantitative estimate of drug-likeness (QED) is 0.628. The highest BCUT2D eigenvalue weighted by atomic mass is 19.1. The number of amides is 1. The second-order valence-electron chi connectivity index (χ2n) is 8.62. The molecule has 4 heterocycles. The molecule has 2 aliphatic rings. The van der Waals surface area contributed by atoms with E-state index in [0.717, 1.165) is 49.3 Å². The van der Waals surface area contributed by atoms with E-state index >= 15 is 0 Å². The van der Waals surface area contributed by atoms with E-state index in [1.54, 1.807) is 24.0 Å². The van der Waals surface area contributed by atoms with Gasteiger partial charge in [-0.05, 0) is 56.4 Å². The molecular formula is C24H27FN6O. The van der Waals surface area contributed by atoms with Crippen LogP contribution >= 0.6 is 0 Å². The van der Waals surface area contributed by atoms with Crippen LogP contribution in [0.5, 0.6) is 0 Å². The molecule has 166 valence electrons. The van der Waals surface area contributed by atoms with Gasteiger partial charge in [-0.25, -0.2) is 14.4 Å². The molecule has 3 aromatic rings. The molecule has 1 atom stereocenters. The SMILES string of the molecule is Cc1nc([C@H]2CCCN2C(=O)c2ccnn2C)nc2c1CCCN2Cc1ccc(F)cc1. The molecule has 32 heavy (non-hydrogen) atoms. The van der Waals surface area contributed by atoms with E-state index in [-0.39, 0.29) is 17.8 Å². The first-order valence-electron chi connectivity index (χ1n) is 11.2. The van der Waals surface area contributed by atoms with Crippen molar-refractivity contribution in [2.75, 3.05) is 18.0 Å². The largest absolute Gasteiger partial charge is 0.352 e. The number of carbonyl (C=O) groups excluding carboxylic acids is 1. The van der Waals surface area contributed by atoms with Crippen molar-refractivity contribution < 1.29 is 9.18 Å². The van der Waals surface area contributed by atoms with Crippen molar-refractivity contribution in [1.82, 2.24) is 24.6 Å². The minimum absolute atomic E-state index is 0.0327. The summed E-state index contributed by atoms with van der Waals surface area (Å²) in [5.74, 6) is 1.39. The highest BCUT2D eigenvalue weighted by Crippen LogP contribution is 2.35. The van der Waals surface area contributed by atoms with Crippen LogP contribution in [0.1, 0.15) is 58.4 Å². The Kier molecular flexibility index (Phi) is 5.36. The first kappa shape index (κ1) is 20.6. The Morgan fingerprint density at radius 1 is 1.12 bits per heavy atom. The number of fused-ring (bicyclic) bond motifs is 1. The van der Waals surface area contributed by atoms with Crippen molar-refractivity contribution in [1.29, 1.82) is 0 Å². The van der Waals surface area contributed by atoms with Crippen LogP contribution < -0.4 is 4.90 Å². The zero-order chi connectivity index (χ0) is 22.2. The molecule has 2 aromatic heterocycles. The first-order valence-corrected chi connectivity index (χ1v) is 11.2. The number of nitrogens with zero attached hydrogens (tertiary/aromatic N) is 6. The molecule has 7 nitrogen and oxygen atoms in total. The van der Waals surface area contributed by atoms with Crippen LogP contribution in [-0.4, -0.2) is 43.6 Å². The predicted molar refractivity (Wildman–Crippen MR) is 119 cm³/mol. The van der Waals surface area contributed by atoms with E-state index in [9.17, 15) is 9.18 Å². The molecule has 1 amide bonds. The third kappa shape index (κ3) is 3.74. The average molecular weight is 435 g/mol. The second-order valence-corrected chi connectivity index (χ2v) is 8.62. The van der Waals surface area contributed by atoms with Crippen molar-refractivity contribution in [3.63, 3.8) is 0 Å². The average Bonchev–Trinajstić information content (AvgIpc) is 3.44. The Labute approximate surface area is 186 Å². The molecule has 0 aliphatic carbocycles. The van der Waals surface area contributed by atoms with Gasteiger partial charge in [0.25, 0.3) is 5.91 Å². The maximum Gasteiger partial charge on any atom is 0.272 e. The lowest BCUT2D eigenvalue weighted by Gasteiger charge is -2.32. The molecule has 0 saturated carbocycles. The summed E-state index contributed by atoms with van der Waals surface area (Å²) in [6.07, 6.45) is 5.40. The van der Waals surface area contributed by atoms with Gasteiger partial charge in [-0.3, -0.25) is 9.48 Å². The van der Waals surface area contributed by atoms with Gasteiger partial charge >= 0.3 is 0 Å². The Morgan fingerprint density at radius 3 is 2.69 bits per heavy atom. The summed E-state index contributed by atoms with van der Waals surface area (Å²) in [7, 11) is 1.78. The summed E-state index contributed by atoms with van der Waals surface area (Å²) in [5, 5.41) is 4.14. The molecule has 5 rings (SSSR count). The van der Waals surface area contributed by atoms with Crippen LogP contribution in [0.15, 0.2) is 36.5 Å². The number of carbonyl (C=O) groups is 1. The van der Waals surface area contributed by atoms with Crippen LogP contribution in [0.4, 0.5) is 10.2 Å². The number of aromatic nitrogens is 4. The van der Waals surface area contributed by atoms with Gasteiger partial charge in [0, 0.05) is 44.1 Å². The van der Waals surface area contributed by atoms with Gasteiger partial charge in [0.05, 0.1) is 6.04 Å². The number of aryl methyl sites for hydroxylation is 2. The van der Waals surface area contributed by atoms with Crippen molar-refractivity contribution in [2.45, 2.75) is 45.2 Å². The maximum absolute atomic E-state index is 13.3. The van der Waals surface area contributed by atoms with E-state index in [1.807, 2.05) is 24.0 Å². The Hall–Kier alpha value is -3.29. The Morgan fingerprint density at radius 2 is 1.94 bits per heavy atom. The number of anilines is 1. The fourth-order valence-electron chi connectivity index (χ4n) is 4.83. The molecule has 0 radical (unpaired) electrons. The number of benzene rings is 1. The molecule has 1 aromatic carbocycles. The van der Waals surface area contributed by atoms with Crippen LogP contribution in [-0.2, 0) is 20.0 Å². The zero-order valence-electron chi connectivity index (χ0n) is 18.5. The lowest BCUT2D eigenvalue weighted by atomic mass is 10.0. The molecule has 1 fully saturated rings. The summed E-state index contributed by atoms with van der Waals surface area (Å²) in [4.78, 5) is 27.2. The molecule has 2 aliphatic heterocycles. The molecule has 0 spiro atoms. The third-order valence-electron chi connectivity index (χ3n) is 6.50. The number of likely N-dealkylation sites (tertiary alicyclic amines) is 1. The minimum Gasteiger partial charge on any atom is -0.352 e. The molecule has 0 unspecified atom stereocenters. The van der Waals surface area contributed by atoms with Crippen LogP contribution in [0.2, 0.25) is 0 Å². The lowest BCUT2D eigenvalue weighted by Crippen LogP contribution is -2.35. The Bertz CT molecular complexity index is 1140. The lowest BCUT2D eigenvalue weighted by molar-refractivity contribution is 0.0718. The summed E-state index contributed by atoms with van der Waals surface area (Å²) < 4.78 is 15.0. The predicted octanol–water partition coefficient (Wildman–Crippen LogP) is 3.59. The van der Waals surface area contributed by atoms with E-state index in [2.05, 4.69) is 10.00 Å². The molecular weight excluding hydrogens is 407 g/mol. The smallest absolute Gasteiger partial charge is 0.272 e. The molecule has 8 heteroatoms. The van der Waals surface area contributed by atoms with E-state index < -0.39 is 0 Å². The molecule has 1 saturated heterocycles. The van der Waals surface area contributed by atoms with E-state index in [1.165, 1.54) is 17.7 Å². The number of hydrogen-bond acceptors (Lipinski definition) is 5. The monoisotopic (exact) mass is 434 g/mol. The topological polar surface area (TPSA) is 67.2 Å². The van der Waals surface area contributed by atoms with Crippen molar-refractivity contribution in [3.8, 4) is 0 Å². The van der Waals surface area contributed by atoms with Gasteiger partial charge in [-0.1, -0.05) is 12.1 Å². The van der Waals surface area contributed by atoms with Gasteiger partial charge in [0.2, 0.25) is 0 Å². The standard InChI is InChI=1S/C24H27FN6O/c1-16-19-5-3-13-30(15-17-7-9-18(25)10-8-17)23(19)28-22(27-16)20-6-4-14-31(20)24(32)21-11-12-26-29(21)2/h7-12,20H,3-6,13-15H2,1-2H3/t20-/m1/s1. The van der Waals surface area contributed by atoms with Crippen LogP contribution in [0.3, 0.4) is 0 Å². The highest BCUT2D eigenvalue weighted by molar-refractivity contribution is 5.93. The van der Waals surface area contributed by atoms with Crippen molar-refractivity contribution >= 4 is 11.7 Å². The zero-order valence-corrected chi connectivity index (χ0v) is 18.5. The van der Waals surface area contributed by atoms with Crippen molar-refractivity contribution in [3.05, 3.63) is 70.7 Å². The number of hydrogen-bond donors (Lipinski definition) is 0. The molecule has 0 bridgehead atoms. The fourth-order valence-corrected chi connectivity index (χ4v) is 4.83. The molecule has 0 N–H and O–H groups in total. The van der Waals surface area contributed by atoms with Gasteiger partial charge < -0.3 is 9.80 Å². The third-order valence-corrected chi connectivity index (χ3v) is 6.50. The van der Waals surface area contributed by atoms with E-state index in [0.29, 0.717) is 24.6 Å². The van der Waals surface area contributed by atoms with Crippen molar-refractivity contribution in [2.24, 2.45) is 7.05 Å². The minimum atomic E-state index is -0.229. The van der Waals surface area contributed by atoms with Gasteiger partial charge in [-0.2, -0.15) is 5.10 Å². The second kappa shape index (κ2) is 8.33. The summed E-state index contributed by atoms with van der Waals surface area (Å²) >= 11 is 0. The number of halogens is 1. The van der Waals surface area contributed by atoms with E-state index in [4.69, 9.17) is 9.97 Å².